The van der Waals surface area contributed by atoms with Crippen molar-refractivity contribution in [2.45, 2.75) is 130 Å². The second-order valence-electron chi connectivity index (χ2n) is 10.7. The first-order chi connectivity index (χ1) is 18.3. The van der Waals surface area contributed by atoms with Gasteiger partial charge < -0.3 is 4.90 Å². The van der Waals surface area contributed by atoms with Crippen LogP contribution in [-0.2, 0) is 6.54 Å². The summed E-state index contributed by atoms with van der Waals surface area (Å²) in [5.41, 5.74) is 3.52. The maximum absolute atomic E-state index is 3.35. The van der Waals surface area contributed by atoms with E-state index in [0.29, 0.717) is 0 Å². The van der Waals surface area contributed by atoms with Crippen molar-refractivity contribution in [1.82, 2.24) is 0 Å². The zero-order valence-corrected chi connectivity index (χ0v) is 24.4. The topological polar surface area (TPSA) is 7.12 Å². The van der Waals surface area contributed by atoms with Crippen LogP contribution in [0.25, 0.3) is 0 Å². The summed E-state index contributed by atoms with van der Waals surface area (Å²) in [4.78, 5) is 2.63. The number of aromatic nitrogens is 1. The van der Waals surface area contributed by atoms with Gasteiger partial charge in [0.25, 0.3) is 0 Å². The normalized spacial score (nSPS) is 10.8. The SMILES string of the molecule is CCCCCCCCCCN(CCCCCCCCCC)c1ccc(C#Cc2cc[n+](CC)cc2)cc1. The first-order valence-corrected chi connectivity index (χ1v) is 15.6. The molecule has 37 heavy (non-hydrogen) atoms. The average molecular weight is 504 g/mol. The Bertz CT molecular complexity index is 837. The molecule has 0 radical (unpaired) electrons. The van der Waals surface area contributed by atoms with Crippen LogP contribution in [0.4, 0.5) is 5.69 Å². The van der Waals surface area contributed by atoms with Gasteiger partial charge in [-0.3, -0.25) is 0 Å². The van der Waals surface area contributed by atoms with Crippen LogP contribution in [0.5, 0.6) is 0 Å². The summed E-state index contributed by atoms with van der Waals surface area (Å²) in [5, 5.41) is 0. The van der Waals surface area contributed by atoms with E-state index in [1.807, 2.05) is 0 Å². The molecule has 0 aliphatic rings. The van der Waals surface area contributed by atoms with E-state index in [9.17, 15) is 0 Å². The van der Waals surface area contributed by atoms with Gasteiger partial charge in [-0.2, -0.15) is 0 Å². The van der Waals surface area contributed by atoms with Crippen LogP contribution < -0.4 is 9.47 Å². The Morgan fingerprint density at radius 1 is 0.514 bits per heavy atom. The van der Waals surface area contributed by atoms with Crippen LogP contribution in [0.1, 0.15) is 135 Å². The standard InChI is InChI=1S/C35H55N2/c1-4-7-9-11-13-15-17-19-29-37(30-20-18-16-14-12-10-8-5-2)35-25-23-33(24-26-35)21-22-34-27-31-36(6-3)32-28-34/h23-28,31-32H,4-20,29-30H2,1-3H3/q+1. The number of nitrogens with zero attached hydrogens (tertiary/aromatic N) is 2. The lowest BCUT2D eigenvalue weighted by molar-refractivity contribution is -0.693. The second kappa shape index (κ2) is 20.7. The van der Waals surface area contributed by atoms with Gasteiger partial charge in [-0.05, 0) is 44.0 Å². The molecule has 0 aliphatic heterocycles. The summed E-state index contributed by atoms with van der Waals surface area (Å²) in [6.07, 6.45) is 26.3. The zero-order chi connectivity index (χ0) is 26.4. The Morgan fingerprint density at radius 2 is 0.919 bits per heavy atom. The zero-order valence-electron chi connectivity index (χ0n) is 24.4. The predicted molar refractivity (Wildman–Crippen MR) is 162 cm³/mol. The molecule has 0 fully saturated rings. The summed E-state index contributed by atoms with van der Waals surface area (Å²) in [6, 6.07) is 13.2. The first kappa shape index (κ1) is 31.0. The second-order valence-corrected chi connectivity index (χ2v) is 10.7. The summed E-state index contributed by atoms with van der Waals surface area (Å²) in [7, 11) is 0. The molecule has 0 unspecified atom stereocenters. The fourth-order valence-corrected chi connectivity index (χ4v) is 4.89. The molecule has 0 amide bonds. The molecule has 204 valence electrons. The van der Waals surface area contributed by atoms with Crippen molar-refractivity contribution < 1.29 is 4.57 Å². The highest BCUT2D eigenvalue weighted by Gasteiger charge is 2.07. The van der Waals surface area contributed by atoms with Crippen LogP contribution in [-0.4, -0.2) is 13.1 Å². The molecule has 2 rings (SSSR count). The number of anilines is 1. The molecule has 0 saturated carbocycles. The number of pyridine rings is 1. The molecule has 0 N–H and O–H groups in total. The Morgan fingerprint density at radius 3 is 1.35 bits per heavy atom. The number of hydrogen-bond acceptors (Lipinski definition) is 1. The van der Waals surface area contributed by atoms with Crippen molar-refractivity contribution in [1.29, 1.82) is 0 Å². The Labute approximate surface area is 229 Å². The minimum absolute atomic E-state index is 0.990. The van der Waals surface area contributed by atoms with Gasteiger partial charge in [-0.25, -0.2) is 4.57 Å². The minimum atomic E-state index is 0.990. The third-order valence-corrected chi connectivity index (χ3v) is 7.40. The van der Waals surface area contributed by atoms with Crippen LogP contribution in [0.3, 0.4) is 0 Å². The van der Waals surface area contributed by atoms with Crippen LogP contribution in [0.2, 0.25) is 0 Å². The fourth-order valence-electron chi connectivity index (χ4n) is 4.89. The maximum Gasteiger partial charge on any atom is 0.170 e. The van der Waals surface area contributed by atoms with Gasteiger partial charge in [-0.1, -0.05) is 116 Å². The summed E-state index contributed by atoms with van der Waals surface area (Å²) in [5.74, 6) is 6.67. The summed E-state index contributed by atoms with van der Waals surface area (Å²) in [6.45, 7) is 10.1. The van der Waals surface area contributed by atoms with Crippen molar-refractivity contribution in [3.8, 4) is 11.8 Å². The van der Waals surface area contributed by atoms with E-state index in [2.05, 4.69) is 90.9 Å². The quantitative estimate of drug-likeness (QED) is 0.0991. The number of benzene rings is 1. The van der Waals surface area contributed by atoms with Crippen LogP contribution in [0.15, 0.2) is 48.8 Å². The number of unbranched alkanes of at least 4 members (excludes halogenated alkanes) is 14. The van der Waals surface area contributed by atoms with E-state index in [0.717, 1.165) is 17.7 Å². The van der Waals surface area contributed by atoms with Crippen molar-refractivity contribution in [2.75, 3.05) is 18.0 Å². The molecule has 0 saturated heterocycles. The highest BCUT2D eigenvalue weighted by atomic mass is 15.1. The van der Waals surface area contributed by atoms with E-state index in [-0.39, 0.29) is 0 Å². The third-order valence-electron chi connectivity index (χ3n) is 7.40. The Kier molecular flexibility index (Phi) is 17.4. The Balaban J connectivity index is 1.85. The first-order valence-electron chi connectivity index (χ1n) is 15.6. The van der Waals surface area contributed by atoms with Gasteiger partial charge in [0.2, 0.25) is 0 Å². The molecule has 1 aromatic carbocycles. The minimum Gasteiger partial charge on any atom is -0.372 e. The predicted octanol–water partition coefficient (Wildman–Crippen LogP) is 9.48. The van der Waals surface area contributed by atoms with Gasteiger partial charge >= 0.3 is 0 Å². The molecule has 2 heteroatoms. The molecule has 1 heterocycles. The lowest BCUT2D eigenvalue weighted by Gasteiger charge is -2.25. The number of rotatable bonds is 20. The lowest BCUT2D eigenvalue weighted by atomic mass is 10.1. The van der Waals surface area contributed by atoms with Crippen molar-refractivity contribution in [3.05, 3.63) is 59.9 Å². The Hall–Kier alpha value is -2.27. The van der Waals surface area contributed by atoms with Crippen molar-refractivity contribution in [3.63, 3.8) is 0 Å². The van der Waals surface area contributed by atoms with Gasteiger partial charge in [0.05, 0.1) is 0 Å². The van der Waals surface area contributed by atoms with Gasteiger partial charge in [-0.15, -0.1) is 0 Å². The van der Waals surface area contributed by atoms with Crippen molar-refractivity contribution >= 4 is 5.69 Å². The van der Waals surface area contributed by atoms with Crippen LogP contribution in [0, 0.1) is 11.8 Å². The van der Waals surface area contributed by atoms with E-state index >= 15 is 0 Å². The maximum atomic E-state index is 3.35. The monoisotopic (exact) mass is 503 g/mol. The van der Waals surface area contributed by atoms with E-state index < -0.39 is 0 Å². The highest BCUT2D eigenvalue weighted by molar-refractivity contribution is 5.51. The van der Waals surface area contributed by atoms with Crippen molar-refractivity contribution in [2.24, 2.45) is 0 Å². The van der Waals surface area contributed by atoms with Gasteiger partial charge in [0.15, 0.2) is 12.4 Å². The van der Waals surface area contributed by atoms with E-state index in [4.69, 9.17) is 0 Å². The summed E-state index contributed by atoms with van der Waals surface area (Å²) >= 11 is 0. The molecule has 0 spiro atoms. The fraction of sp³-hybridized carbons (Fsp3) is 0.629. The molecule has 2 nitrogen and oxygen atoms in total. The number of aryl methyl sites for hydroxylation is 1. The average Bonchev–Trinajstić information content (AvgIpc) is 2.94. The molecule has 0 bridgehead atoms. The van der Waals surface area contributed by atoms with Gasteiger partial charge in [0.1, 0.15) is 6.54 Å². The molecular formula is C35H55N2+. The lowest BCUT2D eigenvalue weighted by Crippen LogP contribution is -2.30. The molecule has 0 atom stereocenters. The number of hydrogen-bond donors (Lipinski definition) is 0. The van der Waals surface area contributed by atoms with E-state index in [1.165, 1.54) is 122 Å². The summed E-state index contributed by atoms with van der Waals surface area (Å²) < 4.78 is 2.16. The highest BCUT2D eigenvalue weighted by Crippen LogP contribution is 2.19. The van der Waals surface area contributed by atoms with Gasteiger partial charge in [0, 0.05) is 42.0 Å². The largest absolute Gasteiger partial charge is 0.372 e. The molecule has 1 aromatic heterocycles. The third kappa shape index (κ3) is 14.3. The smallest absolute Gasteiger partial charge is 0.170 e. The molecule has 2 aromatic rings. The molecular weight excluding hydrogens is 448 g/mol. The molecule has 0 aliphatic carbocycles. The van der Waals surface area contributed by atoms with Crippen LogP contribution >= 0.6 is 0 Å². The van der Waals surface area contributed by atoms with E-state index in [1.54, 1.807) is 0 Å².